The molecule has 4 rings (SSSR count). The summed E-state index contributed by atoms with van der Waals surface area (Å²) in [5, 5.41) is 11.5. The van der Waals surface area contributed by atoms with Gasteiger partial charge in [-0.3, -0.25) is 0 Å². The van der Waals surface area contributed by atoms with Crippen molar-refractivity contribution >= 4 is 22.2 Å². The zero-order valence-corrected chi connectivity index (χ0v) is 15.4. The van der Waals surface area contributed by atoms with Crippen LogP contribution in [0.3, 0.4) is 0 Å². The monoisotopic (exact) mass is 371 g/mol. The minimum absolute atomic E-state index is 0.358. The standard InChI is InChI=1S/C18H21N5O2S/c1-24-11-16-22-17(25-23-16)10-19-8-13-9-20-18(26-13)21-15-7-3-5-12-4-2-6-14(12)15/h3,5,7,9,19H,2,4,6,8,10-11H2,1H3,(H,20,21). The van der Waals surface area contributed by atoms with E-state index in [1.165, 1.54) is 29.7 Å². The number of hydrogen-bond donors (Lipinski definition) is 2. The molecule has 2 aromatic heterocycles. The van der Waals surface area contributed by atoms with Crippen molar-refractivity contribution in [2.75, 3.05) is 12.4 Å². The molecule has 0 saturated heterocycles. The molecule has 7 nitrogen and oxygen atoms in total. The summed E-state index contributed by atoms with van der Waals surface area (Å²) in [6.07, 6.45) is 5.46. The zero-order valence-electron chi connectivity index (χ0n) is 14.6. The molecule has 0 spiro atoms. The Hall–Kier alpha value is -2.29. The number of fused-ring (bicyclic) bond motifs is 1. The summed E-state index contributed by atoms with van der Waals surface area (Å²) in [7, 11) is 1.60. The zero-order chi connectivity index (χ0) is 17.8. The van der Waals surface area contributed by atoms with Crippen molar-refractivity contribution < 1.29 is 9.26 Å². The molecule has 1 aromatic carbocycles. The topological polar surface area (TPSA) is 85.1 Å². The lowest BCUT2D eigenvalue weighted by Crippen LogP contribution is -2.12. The highest BCUT2D eigenvalue weighted by molar-refractivity contribution is 7.15. The van der Waals surface area contributed by atoms with Gasteiger partial charge in [-0.1, -0.05) is 17.3 Å². The van der Waals surface area contributed by atoms with Crippen molar-refractivity contribution in [1.29, 1.82) is 0 Å². The van der Waals surface area contributed by atoms with Gasteiger partial charge in [0.2, 0.25) is 5.89 Å². The molecule has 0 amide bonds. The third kappa shape index (κ3) is 3.92. The number of rotatable bonds is 8. The fourth-order valence-corrected chi connectivity index (χ4v) is 3.94. The molecule has 0 unspecified atom stereocenters. The van der Waals surface area contributed by atoms with Gasteiger partial charge < -0.3 is 19.9 Å². The van der Waals surface area contributed by atoms with E-state index >= 15 is 0 Å². The molecule has 1 aliphatic rings. The third-order valence-electron chi connectivity index (χ3n) is 4.30. The lowest BCUT2D eigenvalue weighted by atomic mass is 10.1. The fourth-order valence-electron chi connectivity index (χ4n) is 3.14. The van der Waals surface area contributed by atoms with Gasteiger partial charge in [0, 0.05) is 30.4 Å². The fraction of sp³-hybridized carbons (Fsp3) is 0.389. The molecule has 136 valence electrons. The van der Waals surface area contributed by atoms with Gasteiger partial charge in [0.1, 0.15) is 6.61 Å². The number of nitrogens with one attached hydrogen (secondary N) is 2. The quantitative estimate of drug-likeness (QED) is 0.629. The molecule has 2 N–H and O–H groups in total. The largest absolute Gasteiger partial charge is 0.377 e. The van der Waals surface area contributed by atoms with Crippen LogP contribution < -0.4 is 10.6 Å². The second kappa shape index (κ2) is 7.94. The minimum Gasteiger partial charge on any atom is -0.377 e. The maximum atomic E-state index is 5.15. The molecule has 3 aromatic rings. The first-order valence-corrected chi connectivity index (χ1v) is 9.47. The van der Waals surface area contributed by atoms with Gasteiger partial charge >= 0.3 is 0 Å². The van der Waals surface area contributed by atoms with Crippen molar-refractivity contribution in [2.24, 2.45) is 0 Å². The van der Waals surface area contributed by atoms with Crippen molar-refractivity contribution in [3.05, 3.63) is 52.1 Å². The Bertz CT molecular complexity index is 876. The number of aryl methyl sites for hydroxylation is 1. The normalized spacial score (nSPS) is 13.1. The minimum atomic E-state index is 0.358. The number of nitrogens with zero attached hydrogens (tertiary/aromatic N) is 3. The highest BCUT2D eigenvalue weighted by atomic mass is 32.1. The predicted molar refractivity (Wildman–Crippen MR) is 99.4 cm³/mol. The molecule has 0 radical (unpaired) electrons. The van der Waals surface area contributed by atoms with Crippen LogP contribution in [0.5, 0.6) is 0 Å². The highest BCUT2D eigenvalue weighted by Crippen LogP contribution is 2.31. The van der Waals surface area contributed by atoms with Crippen LogP contribution in [0.4, 0.5) is 10.8 Å². The van der Waals surface area contributed by atoms with Crippen LogP contribution in [-0.2, 0) is 37.3 Å². The maximum absolute atomic E-state index is 5.15. The van der Waals surface area contributed by atoms with Crippen LogP contribution in [0.1, 0.15) is 34.1 Å². The molecular weight excluding hydrogens is 350 g/mol. The second-order valence-corrected chi connectivity index (χ2v) is 7.31. The smallest absolute Gasteiger partial charge is 0.240 e. The Labute approximate surface area is 155 Å². The predicted octanol–water partition coefficient (Wildman–Crippen LogP) is 3.19. The van der Waals surface area contributed by atoms with Crippen molar-refractivity contribution in [2.45, 2.75) is 39.0 Å². The first-order chi connectivity index (χ1) is 12.8. The van der Waals surface area contributed by atoms with Crippen molar-refractivity contribution in [3.63, 3.8) is 0 Å². The number of ether oxygens (including phenoxy) is 1. The Kier molecular flexibility index (Phi) is 5.24. The molecule has 0 fully saturated rings. The molecule has 0 bridgehead atoms. The van der Waals surface area contributed by atoms with Crippen LogP contribution >= 0.6 is 11.3 Å². The van der Waals surface area contributed by atoms with Gasteiger partial charge in [-0.05, 0) is 36.5 Å². The van der Waals surface area contributed by atoms with E-state index in [4.69, 9.17) is 9.26 Å². The summed E-state index contributed by atoms with van der Waals surface area (Å²) in [5.74, 6) is 1.11. The second-order valence-electron chi connectivity index (χ2n) is 6.19. The molecule has 0 aliphatic heterocycles. The third-order valence-corrected chi connectivity index (χ3v) is 5.21. The van der Waals surface area contributed by atoms with E-state index in [2.05, 4.69) is 44.0 Å². The lowest BCUT2D eigenvalue weighted by molar-refractivity contribution is 0.174. The molecule has 1 aliphatic carbocycles. The number of anilines is 2. The van der Waals surface area contributed by atoms with E-state index in [1.807, 2.05) is 6.20 Å². The van der Waals surface area contributed by atoms with Gasteiger partial charge in [0.15, 0.2) is 11.0 Å². The average molecular weight is 371 g/mol. The van der Waals surface area contributed by atoms with E-state index in [0.29, 0.717) is 31.4 Å². The van der Waals surface area contributed by atoms with E-state index in [1.54, 1.807) is 18.4 Å². The summed E-state index contributed by atoms with van der Waals surface area (Å²) < 4.78 is 10.1. The number of thiazole rings is 1. The van der Waals surface area contributed by atoms with Gasteiger partial charge in [-0.15, -0.1) is 11.3 Å². The van der Waals surface area contributed by atoms with E-state index < -0.39 is 0 Å². The van der Waals surface area contributed by atoms with Gasteiger partial charge in [0.25, 0.3) is 0 Å². The Morgan fingerprint density at radius 3 is 3.15 bits per heavy atom. The number of aromatic nitrogens is 3. The summed E-state index contributed by atoms with van der Waals surface area (Å²) in [6, 6.07) is 6.47. The number of benzene rings is 1. The first kappa shape index (κ1) is 17.1. The highest BCUT2D eigenvalue weighted by Gasteiger charge is 2.15. The van der Waals surface area contributed by atoms with Gasteiger partial charge in [-0.25, -0.2) is 4.98 Å². The number of hydrogen-bond acceptors (Lipinski definition) is 8. The van der Waals surface area contributed by atoms with Crippen LogP contribution in [0.2, 0.25) is 0 Å². The molecule has 2 heterocycles. The Morgan fingerprint density at radius 1 is 1.27 bits per heavy atom. The van der Waals surface area contributed by atoms with E-state index in [0.717, 1.165) is 16.4 Å². The summed E-state index contributed by atoms with van der Waals surface area (Å²) >= 11 is 1.65. The van der Waals surface area contributed by atoms with Crippen LogP contribution in [0.15, 0.2) is 28.9 Å². The summed E-state index contributed by atoms with van der Waals surface area (Å²) in [6.45, 7) is 1.58. The number of methoxy groups -OCH3 is 1. The molecule has 8 heteroatoms. The molecular formula is C18H21N5O2S. The van der Waals surface area contributed by atoms with Crippen LogP contribution in [0, 0.1) is 0 Å². The summed E-state index contributed by atoms with van der Waals surface area (Å²) in [4.78, 5) is 9.88. The van der Waals surface area contributed by atoms with Crippen LogP contribution in [-0.4, -0.2) is 22.2 Å². The SMILES string of the molecule is COCc1noc(CNCc2cnc(Nc3cccc4c3CCC4)s2)n1. The van der Waals surface area contributed by atoms with Gasteiger partial charge in [-0.2, -0.15) is 4.98 Å². The van der Waals surface area contributed by atoms with Crippen molar-refractivity contribution in [3.8, 4) is 0 Å². The maximum Gasteiger partial charge on any atom is 0.240 e. The summed E-state index contributed by atoms with van der Waals surface area (Å²) in [5.41, 5.74) is 4.08. The lowest BCUT2D eigenvalue weighted by Gasteiger charge is -2.08. The first-order valence-electron chi connectivity index (χ1n) is 8.65. The average Bonchev–Trinajstić information content (AvgIpc) is 3.37. The van der Waals surface area contributed by atoms with Crippen LogP contribution in [0.25, 0.3) is 0 Å². The van der Waals surface area contributed by atoms with E-state index in [-0.39, 0.29) is 0 Å². The van der Waals surface area contributed by atoms with E-state index in [9.17, 15) is 0 Å². The Morgan fingerprint density at radius 2 is 2.23 bits per heavy atom. The Balaban J connectivity index is 1.31. The molecule has 26 heavy (non-hydrogen) atoms. The van der Waals surface area contributed by atoms with Crippen molar-refractivity contribution in [1.82, 2.24) is 20.4 Å². The molecule has 0 atom stereocenters. The van der Waals surface area contributed by atoms with Gasteiger partial charge in [0.05, 0.1) is 6.54 Å². The molecule has 0 saturated carbocycles.